The maximum atomic E-state index is 12.3. The smallest absolute Gasteiger partial charge is 0.227 e. The van der Waals surface area contributed by atoms with Gasteiger partial charge in [0.2, 0.25) is 5.91 Å². The van der Waals surface area contributed by atoms with Crippen molar-refractivity contribution in [3.63, 3.8) is 0 Å². The molecule has 0 aromatic carbocycles. The van der Waals surface area contributed by atoms with Gasteiger partial charge < -0.3 is 15.7 Å². The molecule has 17 heavy (non-hydrogen) atoms. The Morgan fingerprint density at radius 1 is 1.53 bits per heavy atom. The van der Waals surface area contributed by atoms with E-state index < -0.39 is 6.10 Å². The van der Waals surface area contributed by atoms with Gasteiger partial charge in [-0.3, -0.25) is 4.79 Å². The van der Waals surface area contributed by atoms with Crippen LogP contribution < -0.4 is 10.6 Å². The van der Waals surface area contributed by atoms with E-state index in [0.717, 1.165) is 32.4 Å². The Balaban J connectivity index is 2.49. The van der Waals surface area contributed by atoms with Crippen molar-refractivity contribution in [3.8, 4) is 0 Å². The molecule has 1 rings (SSSR count). The third-order valence-electron chi connectivity index (χ3n) is 3.87. The van der Waals surface area contributed by atoms with Crippen molar-refractivity contribution in [1.29, 1.82) is 0 Å². The van der Waals surface area contributed by atoms with Gasteiger partial charge in [-0.15, -0.1) is 0 Å². The Labute approximate surface area is 104 Å². The first-order valence-electron chi connectivity index (χ1n) is 6.70. The van der Waals surface area contributed by atoms with E-state index in [9.17, 15) is 9.90 Å². The molecule has 1 amide bonds. The predicted molar refractivity (Wildman–Crippen MR) is 68.7 cm³/mol. The molecule has 0 saturated carbocycles. The molecule has 0 bridgehead atoms. The van der Waals surface area contributed by atoms with Gasteiger partial charge >= 0.3 is 0 Å². The molecule has 1 saturated heterocycles. The first kappa shape index (κ1) is 14.5. The lowest BCUT2D eigenvalue weighted by atomic mass is 9.75. The highest BCUT2D eigenvalue weighted by molar-refractivity contribution is 5.83. The lowest BCUT2D eigenvalue weighted by Crippen LogP contribution is -2.47. The number of rotatable bonds is 6. The summed E-state index contributed by atoms with van der Waals surface area (Å²) in [4.78, 5) is 12.3. The van der Waals surface area contributed by atoms with Crippen molar-refractivity contribution < 1.29 is 9.90 Å². The van der Waals surface area contributed by atoms with E-state index in [1.165, 1.54) is 0 Å². The summed E-state index contributed by atoms with van der Waals surface area (Å²) in [7, 11) is 0. The van der Waals surface area contributed by atoms with Crippen molar-refractivity contribution in [2.24, 2.45) is 11.3 Å². The van der Waals surface area contributed by atoms with E-state index in [1.807, 2.05) is 6.92 Å². The largest absolute Gasteiger partial charge is 0.391 e. The Kier molecular flexibility index (Phi) is 5.40. The van der Waals surface area contributed by atoms with Crippen molar-refractivity contribution in [3.05, 3.63) is 0 Å². The molecule has 1 aliphatic rings. The SMILES string of the molecule is CCCC(O)CNC(=O)C1(C(C)C)CCNC1. The summed E-state index contributed by atoms with van der Waals surface area (Å²) < 4.78 is 0. The highest BCUT2D eigenvalue weighted by Crippen LogP contribution is 2.34. The van der Waals surface area contributed by atoms with Gasteiger partial charge in [0.25, 0.3) is 0 Å². The Morgan fingerprint density at radius 3 is 2.71 bits per heavy atom. The number of carbonyl (C=O) groups excluding carboxylic acids is 1. The van der Waals surface area contributed by atoms with Gasteiger partial charge in [0.15, 0.2) is 0 Å². The Bertz CT molecular complexity index is 248. The lowest BCUT2D eigenvalue weighted by Gasteiger charge is -2.31. The van der Waals surface area contributed by atoms with E-state index in [4.69, 9.17) is 0 Å². The van der Waals surface area contributed by atoms with Gasteiger partial charge in [0.05, 0.1) is 11.5 Å². The van der Waals surface area contributed by atoms with Gasteiger partial charge in [-0.25, -0.2) is 0 Å². The molecular weight excluding hydrogens is 216 g/mol. The molecule has 1 aliphatic heterocycles. The number of nitrogens with one attached hydrogen (secondary N) is 2. The van der Waals surface area contributed by atoms with Crippen molar-refractivity contribution in [2.75, 3.05) is 19.6 Å². The molecule has 0 aromatic heterocycles. The summed E-state index contributed by atoms with van der Waals surface area (Å²) in [5.74, 6) is 0.411. The fourth-order valence-electron chi connectivity index (χ4n) is 2.48. The van der Waals surface area contributed by atoms with E-state index in [2.05, 4.69) is 24.5 Å². The summed E-state index contributed by atoms with van der Waals surface area (Å²) in [6.45, 7) is 8.25. The van der Waals surface area contributed by atoms with E-state index in [-0.39, 0.29) is 11.3 Å². The third-order valence-corrected chi connectivity index (χ3v) is 3.87. The first-order chi connectivity index (χ1) is 8.03. The molecule has 2 unspecified atom stereocenters. The molecular formula is C13H26N2O2. The summed E-state index contributed by atoms with van der Waals surface area (Å²) in [5, 5.41) is 15.8. The first-order valence-corrected chi connectivity index (χ1v) is 6.70. The second kappa shape index (κ2) is 6.36. The monoisotopic (exact) mass is 242 g/mol. The van der Waals surface area contributed by atoms with Crippen LogP contribution in [-0.2, 0) is 4.79 Å². The maximum absolute atomic E-state index is 12.3. The highest BCUT2D eigenvalue weighted by atomic mass is 16.3. The maximum Gasteiger partial charge on any atom is 0.227 e. The minimum atomic E-state index is -0.414. The van der Waals surface area contributed by atoms with Crippen LogP contribution >= 0.6 is 0 Å². The molecule has 2 atom stereocenters. The second-order valence-electron chi connectivity index (χ2n) is 5.39. The molecule has 1 heterocycles. The molecule has 3 N–H and O–H groups in total. The van der Waals surface area contributed by atoms with Crippen LogP contribution in [0.4, 0.5) is 0 Å². The predicted octanol–water partition coefficient (Wildman–Crippen LogP) is 0.899. The van der Waals surface area contributed by atoms with Crippen LogP contribution in [-0.4, -0.2) is 36.8 Å². The molecule has 0 aromatic rings. The normalized spacial score (nSPS) is 26.2. The average molecular weight is 242 g/mol. The highest BCUT2D eigenvalue weighted by Gasteiger charge is 2.43. The van der Waals surface area contributed by atoms with Gasteiger partial charge in [-0.05, 0) is 25.3 Å². The van der Waals surface area contributed by atoms with Gasteiger partial charge in [-0.2, -0.15) is 0 Å². The van der Waals surface area contributed by atoms with Gasteiger partial charge in [0, 0.05) is 13.1 Å². The molecule has 4 heteroatoms. The van der Waals surface area contributed by atoms with Gasteiger partial charge in [-0.1, -0.05) is 27.2 Å². The minimum absolute atomic E-state index is 0.0904. The van der Waals surface area contributed by atoms with Crippen LogP contribution in [0.3, 0.4) is 0 Å². The zero-order valence-corrected chi connectivity index (χ0v) is 11.3. The number of aliphatic hydroxyl groups excluding tert-OH is 1. The van der Waals surface area contributed by atoms with Crippen molar-refractivity contribution >= 4 is 5.91 Å². The quantitative estimate of drug-likeness (QED) is 0.648. The number of hydrogen-bond donors (Lipinski definition) is 3. The summed E-state index contributed by atoms with van der Waals surface area (Å²) >= 11 is 0. The third kappa shape index (κ3) is 3.42. The van der Waals surface area contributed by atoms with Crippen LogP contribution in [0.15, 0.2) is 0 Å². The number of aliphatic hydroxyl groups is 1. The molecule has 0 radical (unpaired) electrons. The molecule has 0 spiro atoms. The van der Waals surface area contributed by atoms with Crippen molar-refractivity contribution in [2.45, 2.75) is 46.1 Å². The average Bonchev–Trinajstić information content (AvgIpc) is 2.76. The van der Waals surface area contributed by atoms with Gasteiger partial charge in [0.1, 0.15) is 0 Å². The van der Waals surface area contributed by atoms with Crippen LogP contribution in [0, 0.1) is 11.3 Å². The van der Waals surface area contributed by atoms with Crippen molar-refractivity contribution in [1.82, 2.24) is 10.6 Å². The minimum Gasteiger partial charge on any atom is -0.391 e. The number of carbonyl (C=O) groups is 1. The van der Waals surface area contributed by atoms with E-state index >= 15 is 0 Å². The topological polar surface area (TPSA) is 61.4 Å². The molecule has 4 nitrogen and oxygen atoms in total. The molecule has 0 aliphatic carbocycles. The van der Waals surface area contributed by atoms with Crippen LogP contribution in [0.25, 0.3) is 0 Å². The number of hydrogen-bond acceptors (Lipinski definition) is 3. The number of amides is 1. The van der Waals surface area contributed by atoms with E-state index in [1.54, 1.807) is 0 Å². The van der Waals surface area contributed by atoms with E-state index in [0.29, 0.717) is 12.5 Å². The summed E-state index contributed by atoms with van der Waals surface area (Å²) in [6.07, 6.45) is 2.16. The zero-order valence-electron chi connectivity index (χ0n) is 11.3. The summed E-state index contributed by atoms with van der Waals surface area (Å²) in [5.41, 5.74) is -0.286. The fourth-order valence-corrected chi connectivity index (χ4v) is 2.48. The van der Waals surface area contributed by atoms with Crippen LogP contribution in [0.5, 0.6) is 0 Å². The fraction of sp³-hybridized carbons (Fsp3) is 0.923. The molecule has 1 fully saturated rings. The zero-order chi connectivity index (χ0) is 12.9. The lowest BCUT2D eigenvalue weighted by molar-refractivity contribution is -0.132. The summed E-state index contributed by atoms with van der Waals surface area (Å²) in [6, 6.07) is 0. The van der Waals surface area contributed by atoms with Crippen LogP contribution in [0.1, 0.15) is 40.0 Å². The Morgan fingerprint density at radius 2 is 2.24 bits per heavy atom. The van der Waals surface area contributed by atoms with Crippen LogP contribution in [0.2, 0.25) is 0 Å². The standard InChI is InChI=1S/C13H26N2O2/c1-4-5-11(16)8-15-12(17)13(10(2)3)6-7-14-9-13/h10-11,14,16H,4-9H2,1-3H3,(H,15,17). The Hall–Kier alpha value is -0.610. The second-order valence-corrected chi connectivity index (χ2v) is 5.39. The molecule has 100 valence electrons.